The molecule has 34 heavy (non-hydrogen) atoms. The molecule has 0 unspecified atom stereocenters. The highest BCUT2D eigenvalue weighted by atomic mass is 19.1. The maximum Gasteiger partial charge on any atom is 0.202 e. The lowest BCUT2D eigenvalue weighted by Crippen LogP contribution is -2.25. The summed E-state index contributed by atoms with van der Waals surface area (Å²) >= 11 is 0. The number of amidine groups is 2. The van der Waals surface area contributed by atoms with Gasteiger partial charge in [0.05, 0.1) is 24.3 Å². The molecule has 11 heteroatoms. The Bertz CT molecular complexity index is 1140. The Labute approximate surface area is 195 Å². The van der Waals surface area contributed by atoms with Crippen LogP contribution >= 0.6 is 0 Å². The number of imidazole rings is 1. The second-order valence-corrected chi connectivity index (χ2v) is 7.52. The highest BCUT2D eigenvalue weighted by Gasteiger charge is 2.08. The fraction of sp³-hybridized carbons (Fsp3) is 0.261. The van der Waals surface area contributed by atoms with E-state index in [4.69, 9.17) is 37.2 Å². The molecule has 0 bridgehead atoms. The molecule has 0 aliphatic heterocycles. The van der Waals surface area contributed by atoms with E-state index < -0.39 is 11.6 Å². The fourth-order valence-corrected chi connectivity index (χ4v) is 3.29. The summed E-state index contributed by atoms with van der Waals surface area (Å²) in [5, 5.41) is 22.9. The molecule has 0 atom stereocenters. The van der Waals surface area contributed by atoms with Crippen molar-refractivity contribution in [2.75, 3.05) is 13.2 Å². The van der Waals surface area contributed by atoms with Gasteiger partial charge in [-0.3, -0.25) is 16.2 Å². The van der Waals surface area contributed by atoms with Crippen molar-refractivity contribution in [3.63, 3.8) is 0 Å². The van der Waals surface area contributed by atoms with E-state index in [0.29, 0.717) is 56.3 Å². The quantitative estimate of drug-likeness (QED) is 0.157. The van der Waals surface area contributed by atoms with E-state index in [1.807, 2.05) is 0 Å². The lowest BCUT2D eigenvalue weighted by Gasteiger charge is -2.09. The minimum Gasteiger partial charge on any atom is -0.493 e. The van der Waals surface area contributed by atoms with Crippen molar-refractivity contribution >= 4 is 11.7 Å². The van der Waals surface area contributed by atoms with Gasteiger partial charge in [0.1, 0.15) is 34.8 Å². The molecule has 0 amide bonds. The van der Waals surface area contributed by atoms with Crippen molar-refractivity contribution in [3.8, 4) is 11.5 Å². The second-order valence-electron chi connectivity index (χ2n) is 7.52. The second kappa shape index (κ2) is 11.1. The SMILES string of the molecule is N=C(N)c1ccc(OCCCn2ccn(CCCOc3ccc(C(=N)N)c(F)c3)c2=N)cc1F. The number of aryl methyl sites for hydroxylation is 2. The summed E-state index contributed by atoms with van der Waals surface area (Å²) < 4.78 is 42.3. The van der Waals surface area contributed by atoms with Gasteiger partial charge < -0.3 is 30.1 Å². The molecule has 9 nitrogen and oxygen atoms in total. The first-order valence-corrected chi connectivity index (χ1v) is 10.6. The standard InChI is InChI=1S/C23H27F2N7O2/c24-19-13-15(3-5-17(19)21(26)27)33-11-1-7-31-9-10-32(23(31)30)8-2-12-34-16-4-6-18(22(28)29)20(25)14-16/h3-6,9-10,13-14,30H,1-2,7-8,11-12H2,(H3,26,27)(H3,28,29). The number of nitrogens with zero attached hydrogens (tertiary/aromatic N) is 2. The zero-order chi connectivity index (χ0) is 24.7. The van der Waals surface area contributed by atoms with Crippen LogP contribution in [0.5, 0.6) is 11.5 Å². The van der Waals surface area contributed by atoms with Crippen LogP contribution in [0.4, 0.5) is 8.78 Å². The summed E-state index contributed by atoms with van der Waals surface area (Å²) in [6.45, 7) is 1.78. The summed E-state index contributed by atoms with van der Waals surface area (Å²) in [7, 11) is 0. The average molecular weight is 472 g/mol. The van der Waals surface area contributed by atoms with Crippen molar-refractivity contribution in [3.05, 3.63) is 77.2 Å². The molecule has 0 spiro atoms. The zero-order valence-electron chi connectivity index (χ0n) is 18.5. The fourth-order valence-electron chi connectivity index (χ4n) is 3.29. The van der Waals surface area contributed by atoms with Crippen LogP contribution in [0, 0.1) is 27.9 Å². The summed E-state index contributed by atoms with van der Waals surface area (Å²) in [5.41, 5.74) is 11.0. The molecule has 3 rings (SSSR count). The predicted octanol–water partition coefficient (Wildman–Crippen LogP) is 2.55. The van der Waals surface area contributed by atoms with E-state index in [0.717, 1.165) is 0 Å². The molecule has 3 aromatic rings. The summed E-state index contributed by atoms with van der Waals surface area (Å²) in [4.78, 5) is 0. The molecule has 1 heterocycles. The number of benzene rings is 2. The first-order chi connectivity index (χ1) is 16.3. The Balaban J connectivity index is 1.41. The largest absolute Gasteiger partial charge is 0.493 e. The van der Waals surface area contributed by atoms with E-state index in [-0.39, 0.29) is 22.8 Å². The first kappa shape index (κ1) is 24.5. The molecular weight excluding hydrogens is 444 g/mol. The summed E-state index contributed by atoms with van der Waals surface area (Å²) in [5.74, 6) is -1.17. The molecule has 1 aromatic heterocycles. The highest BCUT2D eigenvalue weighted by Crippen LogP contribution is 2.17. The lowest BCUT2D eigenvalue weighted by atomic mass is 10.2. The third kappa shape index (κ3) is 6.21. The zero-order valence-corrected chi connectivity index (χ0v) is 18.5. The van der Waals surface area contributed by atoms with Crippen molar-refractivity contribution in [1.29, 1.82) is 16.2 Å². The molecule has 0 saturated heterocycles. The van der Waals surface area contributed by atoms with Gasteiger partial charge in [0, 0.05) is 37.6 Å². The van der Waals surface area contributed by atoms with E-state index in [2.05, 4.69) is 0 Å². The number of hydrogen-bond acceptors (Lipinski definition) is 5. The molecule has 0 aliphatic carbocycles. The van der Waals surface area contributed by atoms with E-state index in [9.17, 15) is 8.78 Å². The topological polar surface area (TPSA) is 152 Å². The Morgan fingerprint density at radius 1 is 0.765 bits per heavy atom. The van der Waals surface area contributed by atoms with Gasteiger partial charge in [-0.2, -0.15) is 0 Å². The third-order valence-corrected chi connectivity index (χ3v) is 5.06. The van der Waals surface area contributed by atoms with Gasteiger partial charge in [0.15, 0.2) is 0 Å². The van der Waals surface area contributed by atoms with Gasteiger partial charge in [-0.15, -0.1) is 0 Å². The van der Waals surface area contributed by atoms with Crippen LogP contribution < -0.4 is 26.6 Å². The number of aromatic nitrogens is 2. The molecule has 180 valence electrons. The highest BCUT2D eigenvalue weighted by molar-refractivity contribution is 5.95. The average Bonchev–Trinajstić information content (AvgIpc) is 3.13. The van der Waals surface area contributed by atoms with Gasteiger partial charge >= 0.3 is 0 Å². The number of hydrogen-bond donors (Lipinski definition) is 5. The van der Waals surface area contributed by atoms with Crippen LogP contribution in [0.3, 0.4) is 0 Å². The third-order valence-electron chi connectivity index (χ3n) is 5.06. The number of nitrogen functional groups attached to an aromatic ring is 2. The Morgan fingerprint density at radius 2 is 1.18 bits per heavy atom. The van der Waals surface area contributed by atoms with E-state index in [1.165, 1.54) is 24.3 Å². The monoisotopic (exact) mass is 471 g/mol. The summed E-state index contributed by atoms with van der Waals surface area (Å²) in [6, 6.07) is 8.34. The minimum absolute atomic E-state index is 0.0338. The van der Waals surface area contributed by atoms with Gasteiger partial charge in [-0.1, -0.05) is 0 Å². The summed E-state index contributed by atoms with van der Waals surface area (Å²) in [6.07, 6.45) is 4.84. The van der Waals surface area contributed by atoms with Gasteiger partial charge in [0.25, 0.3) is 0 Å². The molecule has 2 aromatic carbocycles. The minimum atomic E-state index is -0.605. The smallest absolute Gasteiger partial charge is 0.202 e. The number of nitrogens with two attached hydrogens (primary N) is 2. The van der Waals surface area contributed by atoms with Gasteiger partial charge in [-0.25, -0.2) is 8.78 Å². The van der Waals surface area contributed by atoms with Crippen LogP contribution in [0.2, 0.25) is 0 Å². The van der Waals surface area contributed by atoms with Crippen LogP contribution in [-0.2, 0) is 13.1 Å². The molecule has 0 radical (unpaired) electrons. The van der Waals surface area contributed by atoms with E-state index in [1.54, 1.807) is 33.7 Å². The van der Waals surface area contributed by atoms with E-state index >= 15 is 0 Å². The number of ether oxygens (including phenoxy) is 2. The molecular formula is C23H27F2N7O2. The van der Waals surface area contributed by atoms with Crippen molar-refractivity contribution in [1.82, 2.24) is 9.13 Å². The Kier molecular flexibility index (Phi) is 8.01. The van der Waals surface area contributed by atoms with Gasteiger partial charge in [0.2, 0.25) is 5.62 Å². The maximum absolute atomic E-state index is 13.8. The predicted molar refractivity (Wildman–Crippen MR) is 123 cm³/mol. The number of rotatable bonds is 12. The van der Waals surface area contributed by atoms with Crippen LogP contribution in [-0.4, -0.2) is 34.0 Å². The van der Waals surface area contributed by atoms with Crippen molar-refractivity contribution < 1.29 is 18.3 Å². The number of halogens is 2. The number of nitrogens with one attached hydrogen (secondary N) is 3. The van der Waals surface area contributed by atoms with Gasteiger partial charge in [-0.05, 0) is 37.1 Å². The normalized spacial score (nSPS) is 10.8. The maximum atomic E-state index is 13.8. The Morgan fingerprint density at radius 3 is 1.53 bits per heavy atom. The molecule has 0 aliphatic rings. The van der Waals surface area contributed by atoms with Crippen LogP contribution in [0.25, 0.3) is 0 Å². The molecule has 0 fully saturated rings. The lowest BCUT2D eigenvalue weighted by molar-refractivity contribution is 0.295. The van der Waals surface area contributed by atoms with Crippen LogP contribution in [0.15, 0.2) is 48.8 Å². The van der Waals surface area contributed by atoms with Crippen molar-refractivity contribution in [2.24, 2.45) is 11.5 Å². The molecule has 7 N–H and O–H groups in total. The van der Waals surface area contributed by atoms with Crippen LogP contribution in [0.1, 0.15) is 24.0 Å². The molecule has 0 saturated carbocycles. The van der Waals surface area contributed by atoms with Crippen molar-refractivity contribution in [2.45, 2.75) is 25.9 Å². The Hall–Kier alpha value is -4.15. The first-order valence-electron chi connectivity index (χ1n) is 10.6.